The molecule has 0 aromatic heterocycles. The highest BCUT2D eigenvalue weighted by Gasteiger charge is 2.75. The van der Waals surface area contributed by atoms with E-state index < -0.39 is 64.4 Å². The highest BCUT2D eigenvalue weighted by atomic mass is 19.1. The second kappa shape index (κ2) is 12.1. The van der Waals surface area contributed by atoms with E-state index in [-0.39, 0.29) is 25.0 Å². The molecule has 0 bridgehead atoms. The Kier molecular flexibility index (Phi) is 8.96. The molecule has 5 aliphatic rings. The Labute approximate surface area is 257 Å². The summed E-state index contributed by atoms with van der Waals surface area (Å²) in [5, 5.41) is 39.3. The Bertz CT molecular complexity index is 1300. The van der Waals surface area contributed by atoms with Gasteiger partial charge in [0.1, 0.15) is 24.9 Å². The topological polar surface area (TPSA) is 158 Å². The first-order chi connectivity index (χ1) is 20.8. The van der Waals surface area contributed by atoms with Gasteiger partial charge in [0.25, 0.3) is 5.91 Å². The van der Waals surface area contributed by atoms with Crippen molar-refractivity contribution in [3.8, 4) is 0 Å². The molecule has 3 fully saturated rings. The molecule has 0 aliphatic heterocycles. The molecular formula is C33H46FN3O7. The number of aliphatic hydroxyl groups is 3. The largest absolute Gasteiger partial charge is 0.442 e. The van der Waals surface area contributed by atoms with E-state index in [0.29, 0.717) is 25.0 Å². The highest BCUT2D eigenvalue weighted by Crippen LogP contribution is 2.70. The summed E-state index contributed by atoms with van der Waals surface area (Å²) < 4.78 is 22.9. The van der Waals surface area contributed by atoms with Crippen molar-refractivity contribution >= 4 is 23.5 Å². The van der Waals surface area contributed by atoms with Crippen molar-refractivity contribution in [2.75, 3.05) is 13.2 Å². The number of rotatable bonds is 6. The molecule has 0 saturated heterocycles. The summed E-state index contributed by atoms with van der Waals surface area (Å²) in [6.45, 7) is 4.13. The number of carbonyl (C=O) groups excluding carboxylic acids is 3. The zero-order valence-corrected chi connectivity index (χ0v) is 25.9. The van der Waals surface area contributed by atoms with Crippen LogP contribution in [-0.2, 0) is 14.3 Å². The fourth-order valence-corrected chi connectivity index (χ4v) is 9.07. The van der Waals surface area contributed by atoms with Gasteiger partial charge in [0.15, 0.2) is 11.5 Å². The summed E-state index contributed by atoms with van der Waals surface area (Å²) in [5.74, 6) is -2.70. The van der Waals surface area contributed by atoms with Crippen LogP contribution in [0.1, 0.15) is 78.6 Å². The van der Waals surface area contributed by atoms with Gasteiger partial charge in [-0.1, -0.05) is 38.0 Å². The van der Waals surface area contributed by atoms with Gasteiger partial charge in [0.05, 0.1) is 11.8 Å². The third-order valence-electron chi connectivity index (χ3n) is 11.5. The number of alkyl carbamates (subject to hydrolysis) is 1. The van der Waals surface area contributed by atoms with Crippen molar-refractivity contribution < 1.29 is 38.8 Å². The van der Waals surface area contributed by atoms with Crippen LogP contribution in [0.4, 0.5) is 9.18 Å². The Morgan fingerprint density at radius 2 is 1.93 bits per heavy atom. The first kappa shape index (κ1) is 32.5. The van der Waals surface area contributed by atoms with Crippen molar-refractivity contribution in [1.82, 2.24) is 10.7 Å². The Morgan fingerprint density at radius 3 is 2.68 bits per heavy atom. The number of nitrogens with one attached hydrogen (secondary N) is 2. The predicted molar refractivity (Wildman–Crippen MR) is 161 cm³/mol. The van der Waals surface area contributed by atoms with Crippen molar-refractivity contribution in [1.29, 1.82) is 0 Å². The van der Waals surface area contributed by atoms with Crippen molar-refractivity contribution in [3.05, 3.63) is 36.0 Å². The lowest BCUT2D eigenvalue weighted by atomic mass is 9.44. The number of ketones is 1. The van der Waals surface area contributed by atoms with Gasteiger partial charge in [-0.2, -0.15) is 5.10 Å². The highest BCUT2D eigenvalue weighted by molar-refractivity contribution is 6.06. The fourth-order valence-electron chi connectivity index (χ4n) is 9.07. The molecule has 0 aromatic carbocycles. The quantitative estimate of drug-likeness (QED) is 0.226. The van der Waals surface area contributed by atoms with Crippen LogP contribution in [0.15, 0.2) is 41.1 Å². The molecule has 1 unspecified atom stereocenters. The molecule has 0 spiro atoms. The summed E-state index contributed by atoms with van der Waals surface area (Å²) in [5.41, 5.74) is -2.59. The number of Topliss-reactive ketones (excluding diaryl/α,β-unsaturated/α-hetero) is 1. The first-order valence-electron chi connectivity index (χ1n) is 15.9. The summed E-state index contributed by atoms with van der Waals surface area (Å²) >= 11 is 0. The number of amides is 2. The molecule has 2 amide bonds. The lowest BCUT2D eigenvalue weighted by Crippen LogP contribution is -2.69. The summed E-state index contributed by atoms with van der Waals surface area (Å²) in [6, 6.07) is 0. The zero-order chi connectivity index (χ0) is 31.9. The molecule has 11 heteroatoms. The van der Waals surface area contributed by atoms with Crippen molar-refractivity contribution in [2.45, 2.75) is 102 Å². The number of nitrogens with zero attached hydrogens (tertiary/aromatic N) is 1. The number of alkyl halides is 1. The van der Waals surface area contributed by atoms with Crippen LogP contribution in [0.5, 0.6) is 0 Å². The Morgan fingerprint density at radius 1 is 1.16 bits per heavy atom. The van der Waals surface area contributed by atoms with E-state index in [4.69, 9.17) is 4.74 Å². The molecule has 0 heterocycles. The van der Waals surface area contributed by atoms with Gasteiger partial charge in [0, 0.05) is 16.7 Å². The lowest BCUT2D eigenvalue weighted by Gasteiger charge is -2.62. The van der Waals surface area contributed by atoms with Crippen LogP contribution in [0, 0.1) is 28.6 Å². The molecule has 3 saturated carbocycles. The monoisotopic (exact) mass is 615 g/mol. The minimum atomic E-state index is -2.06. The molecule has 10 nitrogen and oxygen atoms in total. The van der Waals surface area contributed by atoms with Crippen molar-refractivity contribution in [3.63, 3.8) is 0 Å². The maximum atomic E-state index is 17.5. The number of hydrogen-bond acceptors (Lipinski definition) is 8. The smallest absolute Gasteiger partial charge is 0.408 e. The van der Waals surface area contributed by atoms with Crippen LogP contribution >= 0.6 is 0 Å². The summed E-state index contributed by atoms with van der Waals surface area (Å²) in [7, 11) is 0. The molecule has 5 N–H and O–H groups in total. The number of aliphatic hydroxyl groups excluding tert-OH is 2. The number of halogens is 1. The standard InChI is InChI=1S/C33H46FN3O7/c1-20-15-25-24-12-11-21-16-22(36-37-28(41)18-35-29(42)44-23-9-7-5-4-6-8-10-23)13-14-30(21,2)32(24,34)26(39)17-31(25,3)33(20,43)27(40)19-38/h7,9,13-14,16,20,23-26,38-39,43H,4-6,8,10-12,15,17-19H2,1-3H3,(H,35,42)(H,37,41)/b9-7+,36-22+/t20-,23?,24+,25+,26+,30+,31+,32+,33+/m1/s1. The van der Waals surface area contributed by atoms with Gasteiger partial charge in [-0.25, -0.2) is 14.6 Å². The van der Waals surface area contributed by atoms with Gasteiger partial charge < -0.3 is 25.4 Å². The van der Waals surface area contributed by atoms with Crippen LogP contribution in [0.2, 0.25) is 0 Å². The third-order valence-corrected chi connectivity index (χ3v) is 11.5. The molecule has 0 aromatic rings. The van der Waals surface area contributed by atoms with Gasteiger partial charge in [0.2, 0.25) is 0 Å². The van der Waals surface area contributed by atoms with E-state index in [2.05, 4.69) is 15.8 Å². The SMILES string of the molecule is C[C@@H]1C[C@H]2[C@@H]3CCC4=C/C(=N/NC(=O)CNC(=O)OC5/C=C/CCCCC5)C=C[C@]4(C)[C@@]3(F)[C@@H](O)C[C@]2(C)[C@@]1(O)C(=O)CO. The molecule has 242 valence electrons. The fraction of sp³-hybridized carbons (Fsp3) is 0.697. The Hall–Kier alpha value is -2.89. The van der Waals surface area contributed by atoms with E-state index in [0.717, 1.165) is 37.7 Å². The zero-order valence-electron chi connectivity index (χ0n) is 25.9. The predicted octanol–water partition coefficient (Wildman–Crippen LogP) is 3.41. The molecule has 5 aliphatic carbocycles. The molecule has 0 radical (unpaired) electrons. The molecule has 44 heavy (non-hydrogen) atoms. The lowest BCUT2D eigenvalue weighted by molar-refractivity contribution is -0.219. The van der Waals surface area contributed by atoms with Gasteiger partial charge in [-0.05, 0) is 88.4 Å². The average Bonchev–Trinajstić information content (AvgIpc) is 3.17. The third kappa shape index (κ3) is 5.14. The molecular weight excluding hydrogens is 569 g/mol. The van der Waals surface area contributed by atoms with E-state index in [1.807, 2.05) is 12.2 Å². The number of fused-ring (bicyclic) bond motifs is 5. The second-order valence-corrected chi connectivity index (χ2v) is 13.8. The van der Waals surface area contributed by atoms with Crippen LogP contribution in [-0.4, -0.2) is 75.4 Å². The van der Waals surface area contributed by atoms with Gasteiger partial charge >= 0.3 is 6.09 Å². The maximum Gasteiger partial charge on any atom is 0.408 e. The average molecular weight is 616 g/mol. The normalized spacial score (nSPS) is 42.9. The van der Waals surface area contributed by atoms with E-state index in [9.17, 15) is 29.7 Å². The number of allylic oxidation sites excluding steroid dienone is 5. The maximum absolute atomic E-state index is 17.5. The Balaban J connectivity index is 1.25. The van der Waals surface area contributed by atoms with Gasteiger partial charge in [-0.15, -0.1) is 0 Å². The van der Waals surface area contributed by atoms with Crippen LogP contribution in [0.25, 0.3) is 0 Å². The molecule has 5 rings (SSSR count). The van der Waals surface area contributed by atoms with E-state index in [1.165, 1.54) is 0 Å². The number of hydrogen-bond donors (Lipinski definition) is 5. The van der Waals surface area contributed by atoms with Gasteiger partial charge in [-0.3, -0.25) is 9.59 Å². The number of ether oxygens (including phenoxy) is 1. The number of carbonyl (C=O) groups is 3. The van der Waals surface area contributed by atoms with Crippen molar-refractivity contribution in [2.24, 2.45) is 33.7 Å². The summed E-state index contributed by atoms with van der Waals surface area (Å²) in [6.07, 6.45) is 12.6. The van der Waals surface area contributed by atoms with E-state index >= 15 is 4.39 Å². The summed E-state index contributed by atoms with van der Waals surface area (Å²) in [4.78, 5) is 37.4. The van der Waals surface area contributed by atoms with Crippen LogP contribution in [0.3, 0.4) is 0 Å². The van der Waals surface area contributed by atoms with Crippen LogP contribution < -0.4 is 10.7 Å². The molecule has 9 atom stereocenters. The first-order valence-corrected chi connectivity index (χ1v) is 15.9. The number of hydrazone groups is 1. The second-order valence-electron chi connectivity index (χ2n) is 13.8. The van der Waals surface area contributed by atoms with E-state index in [1.54, 1.807) is 39.0 Å². The minimum Gasteiger partial charge on any atom is -0.442 e. The minimum absolute atomic E-state index is 0.114.